The number of fused-ring (bicyclic) bond motifs is 2. The fraction of sp³-hybridized carbons (Fsp3) is 0.250. The molecular formula is C16H12F3NO5S2. The summed E-state index contributed by atoms with van der Waals surface area (Å²) >= 11 is 0.992. The number of thiophene rings is 1. The SMILES string of the molecule is C[C@](O)(C(=O)Nc1cccc2c1C(=O)c1sccc1CS2(=O)=O)C(F)(F)F. The van der Waals surface area contributed by atoms with Gasteiger partial charge in [-0.2, -0.15) is 13.2 Å². The number of nitrogens with one attached hydrogen (secondary N) is 1. The van der Waals surface area contributed by atoms with Gasteiger partial charge in [-0.3, -0.25) is 9.59 Å². The largest absolute Gasteiger partial charge is 0.426 e. The summed E-state index contributed by atoms with van der Waals surface area (Å²) in [7, 11) is -3.97. The van der Waals surface area contributed by atoms with Crippen LogP contribution in [0.5, 0.6) is 0 Å². The number of rotatable bonds is 2. The minimum atomic E-state index is -5.26. The second-order valence-corrected chi connectivity index (χ2v) is 8.94. The zero-order valence-corrected chi connectivity index (χ0v) is 15.3. The fourth-order valence-corrected chi connectivity index (χ4v) is 5.11. The summed E-state index contributed by atoms with van der Waals surface area (Å²) in [4.78, 5) is 24.6. The molecule has 0 aliphatic carbocycles. The van der Waals surface area contributed by atoms with E-state index in [0.717, 1.165) is 23.5 Å². The van der Waals surface area contributed by atoms with Crippen LogP contribution in [-0.2, 0) is 20.4 Å². The van der Waals surface area contributed by atoms with Crippen molar-refractivity contribution >= 4 is 38.6 Å². The Kier molecular flexibility index (Phi) is 4.44. The third-order valence-electron chi connectivity index (χ3n) is 4.13. The van der Waals surface area contributed by atoms with E-state index in [1.807, 2.05) is 5.32 Å². The van der Waals surface area contributed by atoms with E-state index in [0.29, 0.717) is 0 Å². The van der Waals surface area contributed by atoms with E-state index < -0.39 is 50.3 Å². The number of alkyl halides is 3. The van der Waals surface area contributed by atoms with Crippen molar-refractivity contribution in [3.8, 4) is 0 Å². The van der Waals surface area contributed by atoms with Crippen molar-refractivity contribution in [2.75, 3.05) is 5.32 Å². The van der Waals surface area contributed by atoms with Crippen molar-refractivity contribution in [2.24, 2.45) is 0 Å². The molecule has 1 aliphatic rings. The van der Waals surface area contributed by atoms with Gasteiger partial charge >= 0.3 is 6.18 Å². The van der Waals surface area contributed by atoms with Crippen LogP contribution in [0.2, 0.25) is 0 Å². The lowest BCUT2D eigenvalue weighted by Crippen LogP contribution is -2.52. The maximum atomic E-state index is 12.9. The van der Waals surface area contributed by atoms with Gasteiger partial charge in [0.05, 0.1) is 26.8 Å². The van der Waals surface area contributed by atoms with Crippen molar-refractivity contribution in [3.63, 3.8) is 0 Å². The van der Waals surface area contributed by atoms with Gasteiger partial charge in [-0.25, -0.2) is 8.42 Å². The number of carbonyl (C=O) groups excluding carboxylic acids is 2. The summed E-state index contributed by atoms with van der Waals surface area (Å²) in [5, 5.41) is 12.9. The third-order valence-corrected chi connectivity index (χ3v) is 6.79. The van der Waals surface area contributed by atoms with Crippen LogP contribution in [-0.4, -0.2) is 37.0 Å². The van der Waals surface area contributed by atoms with Crippen molar-refractivity contribution in [3.05, 3.63) is 45.6 Å². The average molecular weight is 419 g/mol. The molecule has 1 aromatic heterocycles. The third kappa shape index (κ3) is 3.15. The molecule has 1 atom stereocenters. The first kappa shape index (κ1) is 19.5. The molecule has 2 N–H and O–H groups in total. The minimum absolute atomic E-state index is 0.126. The van der Waals surface area contributed by atoms with Gasteiger partial charge in [0.1, 0.15) is 0 Å². The second-order valence-electron chi connectivity index (χ2n) is 6.07. The Hall–Kier alpha value is -2.24. The first-order valence-corrected chi connectivity index (χ1v) is 9.97. The quantitative estimate of drug-likeness (QED) is 0.779. The number of carbonyl (C=O) groups is 2. The summed E-state index contributed by atoms with van der Waals surface area (Å²) in [6.45, 7) is 0.264. The average Bonchev–Trinajstić information content (AvgIpc) is 2.97. The Bertz CT molecular complexity index is 1050. The number of halogens is 3. The predicted molar refractivity (Wildman–Crippen MR) is 90.4 cm³/mol. The van der Waals surface area contributed by atoms with Gasteiger partial charge in [-0.05, 0) is 36.1 Å². The van der Waals surface area contributed by atoms with Gasteiger partial charge in [0.15, 0.2) is 9.84 Å². The Morgan fingerprint density at radius 2 is 1.93 bits per heavy atom. The molecular weight excluding hydrogens is 407 g/mol. The van der Waals surface area contributed by atoms with Crippen LogP contribution in [0, 0.1) is 0 Å². The van der Waals surface area contributed by atoms with Crippen LogP contribution in [0.3, 0.4) is 0 Å². The fourth-order valence-electron chi connectivity index (χ4n) is 2.55. The van der Waals surface area contributed by atoms with Gasteiger partial charge in [0.2, 0.25) is 11.4 Å². The summed E-state index contributed by atoms with van der Waals surface area (Å²) in [6.07, 6.45) is -5.26. The lowest BCUT2D eigenvalue weighted by Gasteiger charge is -2.25. The number of aliphatic hydroxyl groups is 1. The van der Waals surface area contributed by atoms with E-state index in [1.165, 1.54) is 17.5 Å². The van der Waals surface area contributed by atoms with Gasteiger partial charge in [-0.1, -0.05) is 6.07 Å². The molecule has 0 saturated heterocycles. The highest BCUT2D eigenvalue weighted by Gasteiger charge is 2.56. The molecule has 3 rings (SSSR count). The van der Waals surface area contributed by atoms with E-state index in [2.05, 4.69) is 0 Å². The molecule has 2 aromatic rings. The van der Waals surface area contributed by atoms with Crippen LogP contribution in [0.15, 0.2) is 34.5 Å². The van der Waals surface area contributed by atoms with Crippen molar-refractivity contribution in [1.82, 2.24) is 0 Å². The maximum absolute atomic E-state index is 12.9. The topological polar surface area (TPSA) is 101 Å². The lowest BCUT2D eigenvalue weighted by molar-refractivity contribution is -0.242. The zero-order chi connectivity index (χ0) is 20.2. The number of sulfone groups is 1. The summed E-state index contributed by atoms with van der Waals surface area (Å²) in [5.74, 6) is -3.00. The molecule has 11 heteroatoms. The highest BCUT2D eigenvalue weighted by molar-refractivity contribution is 7.90. The number of anilines is 1. The molecule has 0 spiro atoms. The van der Waals surface area contributed by atoms with E-state index in [4.69, 9.17) is 0 Å². The number of hydrogen-bond donors (Lipinski definition) is 2. The number of amides is 1. The van der Waals surface area contributed by atoms with Gasteiger partial charge < -0.3 is 10.4 Å². The smallest absolute Gasteiger partial charge is 0.373 e. The van der Waals surface area contributed by atoms with Crippen molar-refractivity contribution in [1.29, 1.82) is 0 Å². The molecule has 27 heavy (non-hydrogen) atoms. The molecule has 0 radical (unpaired) electrons. The molecule has 6 nitrogen and oxygen atoms in total. The molecule has 0 fully saturated rings. The predicted octanol–water partition coefficient (Wildman–Crippen LogP) is 2.52. The van der Waals surface area contributed by atoms with Crippen LogP contribution in [0.4, 0.5) is 18.9 Å². The van der Waals surface area contributed by atoms with Crippen LogP contribution < -0.4 is 5.32 Å². The van der Waals surface area contributed by atoms with Crippen LogP contribution in [0.25, 0.3) is 0 Å². The molecule has 2 heterocycles. The minimum Gasteiger partial charge on any atom is -0.373 e. The number of benzene rings is 1. The number of hydrogen-bond acceptors (Lipinski definition) is 6. The maximum Gasteiger partial charge on any atom is 0.426 e. The van der Waals surface area contributed by atoms with Crippen molar-refractivity contribution < 1.29 is 36.3 Å². The normalized spacial score (nSPS) is 18.0. The van der Waals surface area contributed by atoms with E-state index in [-0.39, 0.29) is 22.3 Å². The summed E-state index contributed by atoms with van der Waals surface area (Å²) in [6, 6.07) is 4.93. The Balaban J connectivity index is 2.15. The molecule has 0 bridgehead atoms. The first-order chi connectivity index (χ1) is 12.4. The molecule has 1 amide bonds. The molecule has 1 aliphatic heterocycles. The molecule has 1 aromatic carbocycles. The first-order valence-electron chi connectivity index (χ1n) is 7.43. The standard InChI is InChI=1S/C16H12F3NO5S2/c1-15(23,16(17,18)19)14(22)20-9-3-2-4-10-11(9)12(21)13-8(5-6-26-13)7-27(10,24)25/h2-6,23H,7H2,1H3,(H,20,22)/t15-/m0/s1. The second kappa shape index (κ2) is 6.14. The van der Waals surface area contributed by atoms with E-state index in [9.17, 15) is 36.3 Å². The molecule has 0 unspecified atom stereocenters. The van der Waals surface area contributed by atoms with Gasteiger partial charge in [-0.15, -0.1) is 11.3 Å². The Labute approximate surface area is 155 Å². The van der Waals surface area contributed by atoms with E-state index in [1.54, 1.807) is 0 Å². The van der Waals surface area contributed by atoms with E-state index >= 15 is 0 Å². The highest BCUT2D eigenvalue weighted by Crippen LogP contribution is 2.37. The summed E-state index contributed by atoms with van der Waals surface area (Å²) in [5.41, 5.74) is -4.29. The lowest BCUT2D eigenvalue weighted by atomic mass is 10.0. The van der Waals surface area contributed by atoms with Crippen LogP contribution >= 0.6 is 11.3 Å². The summed E-state index contributed by atoms with van der Waals surface area (Å²) < 4.78 is 63.8. The molecule has 0 saturated carbocycles. The van der Waals surface area contributed by atoms with Crippen LogP contribution in [0.1, 0.15) is 27.7 Å². The van der Waals surface area contributed by atoms with Crippen molar-refractivity contribution in [2.45, 2.75) is 29.3 Å². The monoisotopic (exact) mass is 419 g/mol. The van der Waals surface area contributed by atoms with Gasteiger partial charge in [0.25, 0.3) is 5.91 Å². The van der Waals surface area contributed by atoms with Gasteiger partial charge in [0, 0.05) is 0 Å². The zero-order valence-electron chi connectivity index (χ0n) is 13.6. The number of ketones is 1. The molecule has 144 valence electrons. The Morgan fingerprint density at radius 3 is 2.56 bits per heavy atom. The highest BCUT2D eigenvalue weighted by atomic mass is 32.2. The Morgan fingerprint density at radius 1 is 1.26 bits per heavy atom.